The number of hydroxylamine groups is 1. The Morgan fingerprint density at radius 2 is 1.56 bits per heavy atom. The van der Waals surface area contributed by atoms with Crippen molar-refractivity contribution in [3.63, 3.8) is 0 Å². The van der Waals surface area contributed by atoms with Crippen molar-refractivity contribution in [3.8, 4) is 0 Å². The van der Waals surface area contributed by atoms with Gasteiger partial charge in [-0.2, -0.15) is 0 Å². The van der Waals surface area contributed by atoms with Crippen molar-refractivity contribution >= 4 is 11.8 Å². The molecule has 0 aromatic heterocycles. The molecule has 5 rings (SSSR count). The molecule has 5 atom stereocenters. The van der Waals surface area contributed by atoms with Crippen LogP contribution < -0.4 is 10.8 Å². The first-order chi connectivity index (χ1) is 21.5. The molecular formula is C36H51N3O6. The zero-order valence-electron chi connectivity index (χ0n) is 27.1. The molecule has 2 unspecified atom stereocenters. The van der Waals surface area contributed by atoms with Crippen LogP contribution in [0.4, 0.5) is 0 Å². The fourth-order valence-corrected chi connectivity index (χ4v) is 7.97. The molecule has 9 nitrogen and oxygen atoms in total. The molecule has 2 heterocycles. The van der Waals surface area contributed by atoms with Gasteiger partial charge in [-0.3, -0.25) is 19.7 Å². The van der Waals surface area contributed by atoms with Gasteiger partial charge >= 0.3 is 0 Å². The number of carbonyl (C=O) groups excluding carboxylic acids is 2. The molecule has 0 spiro atoms. The van der Waals surface area contributed by atoms with Gasteiger partial charge in [0, 0.05) is 50.5 Å². The number of aliphatic hydroxyl groups excluding tert-OH is 1. The van der Waals surface area contributed by atoms with Gasteiger partial charge in [-0.05, 0) is 59.6 Å². The summed E-state index contributed by atoms with van der Waals surface area (Å²) in [6, 6.07) is 16.7. The topological polar surface area (TPSA) is 120 Å². The van der Waals surface area contributed by atoms with Gasteiger partial charge < -0.3 is 19.9 Å². The number of rotatable bonds is 13. The number of hydrogen-bond donors (Lipinski definition) is 4. The monoisotopic (exact) mass is 621 g/mol. The maximum absolute atomic E-state index is 12.3. The fourth-order valence-electron chi connectivity index (χ4n) is 7.97. The Balaban J connectivity index is 1.20. The highest BCUT2D eigenvalue weighted by atomic mass is 16.7. The van der Waals surface area contributed by atoms with E-state index in [2.05, 4.69) is 43.1 Å². The normalized spacial score (nSPS) is 27.7. The van der Waals surface area contributed by atoms with Crippen molar-refractivity contribution in [3.05, 3.63) is 70.8 Å². The second-order valence-electron chi connectivity index (χ2n) is 14.6. The lowest BCUT2D eigenvalue weighted by atomic mass is 9.65. The van der Waals surface area contributed by atoms with Crippen LogP contribution >= 0.6 is 0 Å². The minimum Gasteiger partial charge on any atom is -0.392 e. The van der Waals surface area contributed by atoms with Crippen LogP contribution in [0.1, 0.15) is 113 Å². The third-order valence-corrected chi connectivity index (χ3v) is 9.75. The van der Waals surface area contributed by atoms with Crippen molar-refractivity contribution in [2.24, 2.45) is 10.8 Å². The number of amides is 2. The lowest BCUT2D eigenvalue weighted by Gasteiger charge is -2.41. The average molecular weight is 622 g/mol. The number of ether oxygens (including phenoxy) is 2. The van der Waals surface area contributed by atoms with Crippen molar-refractivity contribution in [1.82, 2.24) is 15.7 Å². The predicted molar refractivity (Wildman–Crippen MR) is 171 cm³/mol. The number of likely N-dealkylation sites (tertiary alicyclic amines) is 1. The van der Waals surface area contributed by atoms with E-state index in [4.69, 9.17) is 14.7 Å². The molecule has 2 amide bonds. The van der Waals surface area contributed by atoms with E-state index < -0.39 is 12.2 Å². The Bertz CT molecular complexity index is 1280. The third kappa shape index (κ3) is 9.14. The SMILES string of the molecule is CC1(C)CC2CC(C)(CN2C[C@H]2C[C@@H](c3ccc(CO)cc3)O[C@@H](c3ccc(CNC(=O)CCCCCC(=O)NO)cc3)O2)C1. The molecule has 3 aliphatic rings. The van der Waals surface area contributed by atoms with E-state index in [1.54, 1.807) is 5.48 Å². The van der Waals surface area contributed by atoms with E-state index in [-0.39, 0.29) is 31.1 Å². The standard InChI is InChI=1S/C36H51N3O6/c1-35(2)18-29-19-36(3,23-35)24-39(29)21-30-17-31(27-13-11-26(22-40)12-14-27)45-34(44-30)28-15-9-25(10-16-28)20-37-32(41)7-5-4-6-8-33(42)38-43/h9-16,29-31,34,40,43H,4-8,17-24H2,1-3H3,(H,37,41)(H,38,42)/t29?,30-,31+,34+,36?/m1/s1. The van der Waals surface area contributed by atoms with Gasteiger partial charge in [-0.15, -0.1) is 0 Å². The minimum atomic E-state index is -0.503. The maximum Gasteiger partial charge on any atom is 0.243 e. The Morgan fingerprint density at radius 3 is 2.24 bits per heavy atom. The second-order valence-corrected chi connectivity index (χ2v) is 14.6. The van der Waals surface area contributed by atoms with E-state index in [0.717, 1.165) is 48.2 Å². The molecule has 0 radical (unpaired) electrons. The molecule has 9 heteroatoms. The van der Waals surface area contributed by atoms with E-state index in [0.29, 0.717) is 42.7 Å². The summed E-state index contributed by atoms with van der Waals surface area (Å²) in [5, 5.41) is 21.1. The molecule has 2 aliphatic heterocycles. The molecule has 2 aromatic rings. The molecule has 3 fully saturated rings. The average Bonchev–Trinajstić information content (AvgIpc) is 3.26. The first kappa shape index (κ1) is 33.5. The molecule has 45 heavy (non-hydrogen) atoms. The lowest BCUT2D eigenvalue weighted by molar-refractivity contribution is -0.253. The first-order valence-electron chi connectivity index (χ1n) is 16.6. The quantitative estimate of drug-likeness (QED) is 0.129. The molecule has 2 saturated heterocycles. The largest absolute Gasteiger partial charge is 0.392 e. The van der Waals surface area contributed by atoms with Crippen LogP contribution in [0.3, 0.4) is 0 Å². The number of unbranched alkanes of at least 4 members (excludes halogenated alkanes) is 2. The van der Waals surface area contributed by atoms with Gasteiger partial charge in [0.05, 0.1) is 18.8 Å². The summed E-state index contributed by atoms with van der Waals surface area (Å²) in [5.41, 5.74) is 6.27. The first-order valence-corrected chi connectivity index (χ1v) is 16.6. The molecule has 1 aliphatic carbocycles. The highest BCUT2D eigenvalue weighted by molar-refractivity contribution is 5.76. The van der Waals surface area contributed by atoms with Gasteiger partial charge in [-0.1, -0.05) is 75.7 Å². The van der Waals surface area contributed by atoms with E-state index in [1.807, 2.05) is 36.4 Å². The Morgan fingerprint density at radius 1 is 0.889 bits per heavy atom. The molecule has 246 valence electrons. The van der Waals surface area contributed by atoms with E-state index in [1.165, 1.54) is 19.3 Å². The summed E-state index contributed by atoms with van der Waals surface area (Å²) in [6.45, 7) is 9.73. The molecule has 4 N–H and O–H groups in total. The van der Waals surface area contributed by atoms with Crippen molar-refractivity contribution in [2.45, 2.75) is 116 Å². The minimum absolute atomic E-state index is 0.0178. The van der Waals surface area contributed by atoms with Gasteiger partial charge in [-0.25, -0.2) is 5.48 Å². The van der Waals surface area contributed by atoms with Gasteiger partial charge in [0.2, 0.25) is 11.8 Å². The van der Waals surface area contributed by atoms with Crippen LogP contribution in [0.2, 0.25) is 0 Å². The number of carbonyl (C=O) groups is 2. The fraction of sp³-hybridized carbons (Fsp3) is 0.611. The molecule has 2 aromatic carbocycles. The molecule has 1 saturated carbocycles. The van der Waals surface area contributed by atoms with Gasteiger partial charge in [0.25, 0.3) is 0 Å². The van der Waals surface area contributed by atoms with Crippen molar-refractivity contribution in [2.75, 3.05) is 13.1 Å². The zero-order chi connectivity index (χ0) is 32.0. The third-order valence-electron chi connectivity index (χ3n) is 9.75. The Labute approximate surface area is 267 Å². The summed E-state index contributed by atoms with van der Waals surface area (Å²) >= 11 is 0. The number of aliphatic hydroxyl groups is 1. The van der Waals surface area contributed by atoms with Crippen molar-refractivity contribution in [1.29, 1.82) is 0 Å². The maximum atomic E-state index is 12.3. The smallest absolute Gasteiger partial charge is 0.243 e. The summed E-state index contributed by atoms with van der Waals surface area (Å²) < 4.78 is 13.3. The van der Waals surface area contributed by atoms with Gasteiger partial charge in [0.15, 0.2) is 6.29 Å². The highest BCUT2D eigenvalue weighted by Crippen LogP contribution is 2.53. The summed E-state index contributed by atoms with van der Waals surface area (Å²) in [6.07, 6.45) is 6.67. The van der Waals surface area contributed by atoms with Crippen LogP contribution in [0.5, 0.6) is 0 Å². The van der Waals surface area contributed by atoms with Crippen LogP contribution in [0.25, 0.3) is 0 Å². The summed E-state index contributed by atoms with van der Waals surface area (Å²) in [5.74, 6) is -0.423. The number of hydrogen-bond acceptors (Lipinski definition) is 7. The predicted octanol–water partition coefficient (Wildman–Crippen LogP) is 5.70. The summed E-state index contributed by atoms with van der Waals surface area (Å²) in [4.78, 5) is 26.1. The molecular weight excluding hydrogens is 570 g/mol. The Kier molecular flexibility index (Phi) is 11.0. The number of nitrogens with zero attached hydrogens (tertiary/aromatic N) is 1. The molecule has 2 bridgehead atoms. The van der Waals surface area contributed by atoms with Crippen LogP contribution in [-0.4, -0.2) is 52.3 Å². The number of benzene rings is 2. The van der Waals surface area contributed by atoms with Crippen LogP contribution in [0.15, 0.2) is 48.5 Å². The second kappa shape index (κ2) is 14.7. The number of nitrogens with one attached hydrogen (secondary N) is 2. The van der Waals surface area contributed by atoms with E-state index >= 15 is 0 Å². The summed E-state index contributed by atoms with van der Waals surface area (Å²) in [7, 11) is 0. The van der Waals surface area contributed by atoms with Crippen molar-refractivity contribution < 1.29 is 29.4 Å². The van der Waals surface area contributed by atoms with Gasteiger partial charge in [0.1, 0.15) is 0 Å². The van der Waals surface area contributed by atoms with Crippen LogP contribution in [0, 0.1) is 10.8 Å². The lowest BCUT2D eigenvalue weighted by Crippen LogP contribution is -2.42. The van der Waals surface area contributed by atoms with Crippen LogP contribution in [-0.2, 0) is 32.2 Å². The zero-order valence-corrected chi connectivity index (χ0v) is 27.1. The Hall–Kier alpha value is -2.82. The highest BCUT2D eigenvalue weighted by Gasteiger charge is 2.50. The number of fused-ring (bicyclic) bond motifs is 2. The van der Waals surface area contributed by atoms with E-state index in [9.17, 15) is 14.7 Å².